The summed E-state index contributed by atoms with van der Waals surface area (Å²) in [5.74, 6) is -0.946. The van der Waals surface area contributed by atoms with Crippen LogP contribution >= 0.6 is 12.2 Å². The summed E-state index contributed by atoms with van der Waals surface area (Å²) >= 11 is 4.61. The Hall–Kier alpha value is -0.850. The number of alkyl halides is 3. The zero-order chi connectivity index (χ0) is 12.9. The summed E-state index contributed by atoms with van der Waals surface area (Å²) in [5.41, 5.74) is 5.24. The van der Waals surface area contributed by atoms with Crippen molar-refractivity contribution in [2.45, 2.75) is 38.9 Å². The van der Waals surface area contributed by atoms with Gasteiger partial charge in [-0.05, 0) is 13.8 Å². The van der Waals surface area contributed by atoms with Crippen LogP contribution in [0, 0.1) is 0 Å². The van der Waals surface area contributed by atoms with Crippen LogP contribution in [0.3, 0.4) is 0 Å². The number of hydrogen-bond donors (Lipinski definition) is 1. The van der Waals surface area contributed by atoms with Crippen molar-refractivity contribution in [2.75, 3.05) is 6.54 Å². The van der Waals surface area contributed by atoms with Crippen molar-refractivity contribution in [3.63, 3.8) is 0 Å². The largest absolute Gasteiger partial charge is 0.397 e. The Morgan fingerprint density at radius 2 is 1.94 bits per heavy atom. The molecule has 0 bridgehead atoms. The quantitative estimate of drug-likeness (QED) is 0.764. The van der Waals surface area contributed by atoms with E-state index in [1.165, 1.54) is 0 Å². The molecule has 0 spiro atoms. The van der Waals surface area contributed by atoms with E-state index in [0.717, 1.165) is 4.90 Å². The fourth-order valence-corrected chi connectivity index (χ4v) is 1.27. The Labute approximate surface area is 97.8 Å². The maximum Gasteiger partial charge on any atom is 0.397 e. The van der Waals surface area contributed by atoms with E-state index in [2.05, 4.69) is 12.2 Å². The highest BCUT2D eigenvalue weighted by atomic mass is 32.1. The van der Waals surface area contributed by atoms with Crippen molar-refractivity contribution in [1.82, 2.24) is 4.90 Å². The first-order valence-electron chi connectivity index (χ1n) is 4.78. The van der Waals surface area contributed by atoms with Crippen molar-refractivity contribution < 1.29 is 18.0 Å². The summed E-state index contributed by atoms with van der Waals surface area (Å²) in [5, 5.41) is 0. The van der Waals surface area contributed by atoms with E-state index in [-0.39, 0.29) is 24.0 Å². The number of carbonyl (C=O) groups is 1. The highest BCUT2D eigenvalue weighted by molar-refractivity contribution is 7.80. The molecule has 0 saturated heterocycles. The Morgan fingerprint density at radius 3 is 2.25 bits per heavy atom. The predicted molar refractivity (Wildman–Crippen MR) is 58.9 cm³/mol. The first kappa shape index (κ1) is 15.2. The van der Waals surface area contributed by atoms with Gasteiger partial charge in [-0.1, -0.05) is 12.2 Å². The molecule has 0 aromatic heterocycles. The third kappa shape index (κ3) is 6.60. The van der Waals surface area contributed by atoms with E-state index in [1.807, 2.05) is 0 Å². The first-order chi connectivity index (χ1) is 7.13. The van der Waals surface area contributed by atoms with Crippen molar-refractivity contribution in [2.24, 2.45) is 5.73 Å². The molecule has 0 unspecified atom stereocenters. The van der Waals surface area contributed by atoms with Crippen LogP contribution in [0.1, 0.15) is 26.7 Å². The maximum atomic E-state index is 12.0. The van der Waals surface area contributed by atoms with E-state index in [1.54, 1.807) is 13.8 Å². The highest BCUT2D eigenvalue weighted by Gasteiger charge is 2.34. The lowest BCUT2D eigenvalue weighted by molar-refractivity contribution is -0.162. The number of rotatable bonds is 5. The number of thiocarbonyl (C=S) groups is 1. The molecule has 0 aliphatic carbocycles. The van der Waals surface area contributed by atoms with Crippen LogP contribution in [0.2, 0.25) is 0 Å². The predicted octanol–water partition coefficient (Wildman–Crippen LogP) is 1.85. The third-order valence-electron chi connectivity index (χ3n) is 1.89. The lowest BCUT2D eigenvalue weighted by atomic mass is 10.2. The molecule has 7 heteroatoms. The summed E-state index contributed by atoms with van der Waals surface area (Å²) < 4.78 is 36.1. The minimum atomic E-state index is -4.48. The van der Waals surface area contributed by atoms with Gasteiger partial charge in [0.05, 0.1) is 4.99 Å². The van der Waals surface area contributed by atoms with Crippen molar-refractivity contribution >= 4 is 23.1 Å². The minimum Gasteiger partial charge on any atom is -0.393 e. The molecule has 0 aromatic rings. The molecule has 0 aliphatic heterocycles. The second-order valence-electron chi connectivity index (χ2n) is 3.69. The second kappa shape index (κ2) is 6.03. The van der Waals surface area contributed by atoms with E-state index in [4.69, 9.17) is 5.73 Å². The molecule has 0 aromatic carbocycles. The molecule has 3 nitrogen and oxygen atoms in total. The van der Waals surface area contributed by atoms with Gasteiger partial charge in [0.2, 0.25) is 5.91 Å². The van der Waals surface area contributed by atoms with E-state index in [0.29, 0.717) is 0 Å². The SMILES string of the molecule is CC(C)N(CCC(N)=S)C(=O)CC(F)(F)F. The van der Waals surface area contributed by atoms with Crippen molar-refractivity contribution in [1.29, 1.82) is 0 Å². The summed E-state index contributed by atoms with van der Waals surface area (Å²) in [4.78, 5) is 12.7. The smallest absolute Gasteiger partial charge is 0.393 e. The minimum absolute atomic E-state index is 0.127. The summed E-state index contributed by atoms with van der Waals surface area (Å²) in [6, 6.07) is -0.302. The standard InChI is InChI=1S/C9H15F3N2OS/c1-6(2)14(4-3-7(13)16)8(15)5-9(10,11)12/h6H,3-5H2,1-2H3,(H2,13,16). The van der Waals surface area contributed by atoms with Gasteiger partial charge in [0.15, 0.2) is 0 Å². The summed E-state index contributed by atoms with van der Waals surface area (Å²) in [6.07, 6.45) is -5.69. The molecule has 0 fully saturated rings. The molecule has 0 saturated carbocycles. The molecule has 0 radical (unpaired) electrons. The van der Waals surface area contributed by atoms with Gasteiger partial charge in [-0.15, -0.1) is 0 Å². The van der Waals surface area contributed by atoms with E-state index >= 15 is 0 Å². The Kier molecular flexibility index (Phi) is 5.71. The van der Waals surface area contributed by atoms with Gasteiger partial charge in [-0.2, -0.15) is 13.2 Å². The average molecular weight is 256 g/mol. The van der Waals surface area contributed by atoms with Gasteiger partial charge >= 0.3 is 6.18 Å². The molecule has 0 rings (SSSR count). The fourth-order valence-electron chi connectivity index (χ4n) is 1.17. The Bertz CT molecular complexity index is 266. The number of amides is 1. The molecule has 2 N–H and O–H groups in total. The molecule has 16 heavy (non-hydrogen) atoms. The van der Waals surface area contributed by atoms with Gasteiger partial charge in [-0.3, -0.25) is 4.79 Å². The van der Waals surface area contributed by atoms with E-state index < -0.39 is 18.5 Å². The van der Waals surface area contributed by atoms with Crippen molar-refractivity contribution in [3.05, 3.63) is 0 Å². The van der Waals surface area contributed by atoms with Gasteiger partial charge < -0.3 is 10.6 Å². The van der Waals surface area contributed by atoms with E-state index in [9.17, 15) is 18.0 Å². The number of nitrogens with two attached hydrogens (primary N) is 1. The molecule has 94 valence electrons. The van der Waals surface area contributed by atoms with Crippen molar-refractivity contribution in [3.8, 4) is 0 Å². The van der Waals surface area contributed by atoms with Gasteiger partial charge in [0, 0.05) is 19.0 Å². The van der Waals surface area contributed by atoms with Crippen LogP contribution in [-0.2, 0) is 4.79 Å². The van der Waals surface area contributed by atoms with Gasteiger partial charge in [0.1, 0.15) is 6.42 Å². The third-order valence-corrected chi connectivity index (χ3v) is 2.10. The zero-order valence-electron chi connectivity index (χ0n) is 9.17. The average Bonchev–Trinajstić information content (AvgIpc) is 1.98. The van der Waals surface area contributed by atoms with Gasteiger partial charge in [0.25, 0.3) is 0 Å². The second-order valence-corrected chi connectivity index (χ2v) is 4.21. The lowest BCUT2D eigenvalue weighted by Gasteiger charge is -2.27. The normalized spacial score (nSPS) is 11.6. The van der Waals surface area contributed by atoms with Crippen LogP contribution in [0.25, 0.3) is 0 Å². The Balaban J connectivity index is 4.42. The molecule has 0 atom stereocenters. The molecule has 0 heterocycles. The zero-order valence-corrected chi connectivity index (χ0v) is 9.99. The molecular formula is C9H15F3N2OS. The number of hydrogen-bond acceptors (Lipinski definition) is 2. The Morgan fingerprint density at radius 1 is 1.44 bits per heavy atom. The highest BCUT2D eigenvalue weighted by Crippen LogP contribution is 2.21. The first-order valence-corrected chi connectivity index (χ1v) is 5.19. The molecular weight excluding hydrogens is 241 g/mol. The fraction of sp³-hybridized carbons (Fsp3) is 0.778. The number of nitrogens with zero attached hydrogens (tertiary/aromatic N) is 1. The lowest BCUT2D eigenvalue weighted by Crippen LogP contribution is -2.40. The van der Waals surface area contributed by atoms with Crippen LogP contribution in [-0.4, -0.2) is 34.6 Å². The monoisotopic (exact) mass is 256 g/mol. The molecule has 0 aliphatic rings. The molecule has 1 amide bonds. The number of carbonyl (C=O) groups excluding carboxylic acids is 1. The van der Waals surface area contributed by atoms with Crippen LogP contribution in [0.4, 0.5) is 13.2 Å². The van der Waals surface area contributed by atoms with Crippen LogP contribution < -0.4 is 5.73 Å². The summed E-state index contributed by atoms with van der Waals surface area (Å²) in [6.45, 7) is 3.42. The number of halogens is 3. The van der Waals surface area contributed by atoms with Crippen LogP contribution in [0.15, 0.2) is 0 Å². The van der Waals surface area contributed by atoms with Gasteiger partial charge in [-0.25, -0.2) is 0 Å². The summed E-state index contributed by atoms with van der Waals surface area (Å²) in [7, 11) is 0. The maximum absolute atomic E-state index is 12.0. The van der Waals surface area contributed by atoms with Crippen LogP contribution in [0.5, 0.6) is 0 Å². The topological polar surface area (TPSA) is 46.3 Å².